The highest BCUT2D eigenvalue weighted by atomic mass is 19.3. The Hall–Kier alpha value is -1.56. The van der Waals surface area contributed by atoms with Gasteiger partial charge < -0.3 is 20.9 Å². The fourth-order valence-corrected chi connectivity index (χ4v) is 1.26. The number of nitrogens with two attached hydrogens (primary N) is 1. The van der Waals surface area contributed by atoms with Crippen molar-refractivity contribution in [3.8, 4) is 5.75 Å². The molecule has 4 nitrogen and oxygen atoms in total. The second-order valence-electron chi connectivity index (χ2n) is 3.59. The molecule has 0 heterocycles. The van der Waals surface area contributed by atoms with Gasteiger partial charge in [-0.25, -0.2) is 8.78 Å². The van der Waals surface area contributed by atoms with Gasteiger partial charge in [0.2, 0.25) is 0 Å². The lowest BCUT2D eigenvalue weighted by molar-refractivity contribution is -0.0372. The summed E-state index contributed by atoms with van der Waals surface area (Å²) in [5.41, 5.74) is 6.46. The largest absolute Gasteiger partial charge is 0.494 e. The van der Waals surface area contributed by atoms with E-state index < -0.39 is 19.1 Å². The van der Waals surface area contributed by atoms with Crippen molar-refractivity contribution in [1.29, 1.82) is 0 Å². The van der Waals surface area contributed by atoms with Gasteiger partial charge in [-0.3, -0.25) is 0 Å². The van der Waals surface area contributed by atoms with Crippen molar-refractivity contribution in [2.45, 2.75) is 12.8 Å². The van der Waals surface area contributed by atoms with E-state index in [0.717, 1.165) is 0 Å². The van der Waals surface area contributed by atoms with Gasteiger partial charge in [0.25, 0.3) is 5.92 Å². The van der Waals surface area contributed by atoms with Gasteiger partial charge in [0.1, 0.15) is 12.4 Å². The van der Waals surface area contributed by atoms with E-state index >= 15 is 0 Å². The third-order valence-electron chi connectivity index (χ3n) is 2.02. The SMILES string of the molecule is CCOc1cc(N)cc(NCC(F)(F)CO)c1. The van der Waals surface area contributed by atoms with E-state index in [0.29, 0.717) is 23.7 Å². The van der Waals surface area contributed by atoms with Crippen LogP contribution in [0.2, 0.25) is 0 Å². The second kappa shape index (κ2) is 5.67. The molecule has 17 heavy (non-hydrogen) atoms. The van der Waals surface area contributed by atoms with E-state index in [2.05, 4.69) is 5.32 Å². The number of hydrogen-bond acceptors (Lipinski definition) is 4. The number of rotatable bonds is 6. The number of nitrogen functional groups attached to an aromatic ring is 1. The van der Waals surface area contributed by atoms with E-state index in [4.69, 9.17) is 15.6 Å². The Bertz CT molecular complexity index is 372. The molecule has 1 aromatic rings. The van der Waals surface area contributed by atoms with Crippen LogP contribution in [0.25, 0.3) is 0 Å². The minimum absolute atomic E-state index is 0.422. The van der Waals surface area contributed by atoms with Crippen LogP contribution in [0.3, 0.4) is 0 Å². The van der Waals surface area contributed by atoms with Crippen LogP contribution in [0.4, 0.5) is 20.2 Å². The molecule has 4 N–H and O–H groups in total. The van der Waals surface area contributed by atoms with Crippen LogP contribution in [0, 0.1) is 0 Å². The lowest BCUT2D eigenvalue weighted by Gasteiger charge is -2.16. The average Bonchev–Trinajstić information content (AvgIpc) is 2.26. The number of nitrogens with one attached hydrogen (secondary N) is 1. The van der Waals surface area contributed by atoms with Crippen LogP contribution in [-0.4, -0.2) is 30.8 Å². The number of aliphatic hydroxyl groups excluding tert-OH is 1. The maximum Gasteiger partial charge on any atom is 0.287 e. The van der Waals surface area contributed by atoms with Crippen molar-refractivity contribution < 1.29 is 18.6 Å². The molecule has 0 aromatic heterocycles. The predicted molar refractivity (Wildman–Crippen MR) is 62.5 cm³/mol. The molecular weight excluding hydrogens is 230 g/mol. The Morgan fingerprint density at radius 2 is 2.12 bits per heavy atom. The van der Waals surface area contributed by atoms with E-state index in [1.807, 2.05) is 6.92 Å². The maximum atomic E-state index is 12.8. The van der Waals surface area contributed by atoms with Crippen LogP contribution < -0.4 is 15.8 Å². The molecular formula is C11H16F2N2O2. The van der Waals surface area contributed by atoms with Gasteiger partial charge in [-0.2, -0.15) is 0 Å². The fraction of sp³-hybridized carbons (Fsp3) is 0.455. The summed E-state index contributed by atoms with van der Waals surface area (Å²) >= 11 is 0. The second-order valence-corrected chi connectivity index (χ2v) is 3.59. The number of ether oxygens (including phenoxy) is 1. The molecule has 0 amide bonds. The molecule has 0 aliphatic carbocycles. The first-order valence-electron chi connectivity index (χ1n) is 5.23. The molecule has 0 fully saturated rings. The molecule has 0 aliphatic rings. The average molecular weight is 246 g/mol. The van der Waals surface area contributed by atoms with Crippen molar-refractivity contribution in [2.75, 3.05) is 30.8 Å². The van der Waals surface area contributed by atoms with Gasteiger partial charge in [0.05, 0.1) is 13.2 Å². The summed E-state index contributed by atoms with van der Waals surface area (Å²) < 4.78 is 30.9. The minimum atomic E-state index is -3.16. The normalized spacial score (nSPS) is 11.3. The Labute approximate surface area is 98.4 Å². The van der Waals surface area contributed by atoms with Crippen LogP contribution in [0.15, 0.2) is 18.2 Å². The summed E-state index contributed by atoms with van der Waals surface area (Å²) in [4.78, 5) is 0. The number of halogens is 2. The topological polar surface area (TPSA) is 67.5 Å². The minimum Gasteiger partial charge on any atom is -0.494 e. The summed E-state index contributed by atoms with van der Waals surface area (Å²) in [6.07, 6.45) is 0. The van der Waals surface area contributed by atoms with Gasteiger partial charge in [-0.15, -0.1) is 0 Å². The molecule has 0 atom stereocenters. The van der Waals surface area contributed by atoms with E-state index in [-0.39, 0.29) is 0 Å². The first kappa shape index (κ1) is 13.5. The summed E-state index contributed by atoms with van der Waals surface area (Å²) in [5.74, 6) is -2.64. The molecule has 0 bridgehead atoms. The Morgan fingerprint density at radius 1 is 1.41 bits per heavy atom. The fourth-order valence-electron chi connectivity index (χ4n) is 1.26. The van der Waals surface area contributed by atoms with E-state index in [9.17, 15) is 8.78 Å². The molecule has 0 aliphatic heterocycles. The van der Waals surface area contributed by atoms with Gasteiger partial charge in [-0.05, 0) is 13.0 Å². The van der Waals surface area contributed by atoms with Crippen molar-refractivity contribution in [1.82, 2.24) is 0 Å². The quantitative estimate of drug-likeness (QED) is 0.668. The van der Waals surface area contributed by atoms with Gasteiger partial charge in [0, 0.05) is 23.5 Å². The zero-order chi connectivity index (χ0) is 12.9. The smallest absolute Gasteiger partial charge is 0.287 e. The highest BCUT2D eigenvalue weighted by Gasteiger charge is 2.27. The third-order valence-corrected chi connectivity index (χ3v) is 2.02. The summed E-state index contributed by atoms with van der Waals surface area (Å²) in [7, 11) is 0. The number of anilines is 2. The highest BCUT2D eigenvalue weighted by Crippen LogP contribution is 2.23. The monoisotopic (exact) mass is 246 g/mol. The first-order chi connectivity index (χ1) is 7.96. The van der Waals surface area contributed by atoms with Crippen molar-refractivity contribution in [3.05, 3.63) is 18.2 Å². The zero-order valence-electron chi connectivity index (χ0n) is 9.54. The molecule has 1 aromatic carbocycles. The predicted octanol–water partition coefficient (Wildman–Crippen LogP) is 1.71. The maximum absolute atomic E-state index is 12.8. The number of hydrogen-bond donors (Lipinski definition) is 3. The molecule has 96 valence electrons. The standard InChI is InChI=1S/C11H16F2N2O2/c1-2-17-10-4-8(14)3-9(5-10)15-6-11(12,13)7-16/h3-5,15-16H,2,6-7,14H2,1H3. The van der Waals surface area contributed by atoms with E-state index in [1.165, 1.54) is 6.07 Å². The first-order valence-corrected chi connectivity index (χ1v) is 5.23. The van der Waals surface area contributed by atoms with Crippen LogP contribution in [0.5, 0.6) is 5.75 Å². The Balaban J connectivity index is 2.70. The van der Waals surface area contributed by atoms with Crippen LogP contribution >= 0.6 is 0 Å². The van der Waals surface area contributed by atoms with Crippen LogP contribution in [0.1, 0.15) is 6.92 Å². The van der Waals surface area contributed by atoms with Crippen LogP contribution in [-0.2, 0) is 0 Å². The lowest BCUT2D eigenvalue weighted by atomic mass is 10.2. The summed E-state index contributed by atoms with van der Waals surface area (Å²) in [6.45, 7) is 0.436. The molecule has 0 radical (unpaired) electrons. The van der Waals surface area contributed by atoms with Crippen molar-refractivity contribution in [2.24, 2.45) is 0 Å². The Kier molecular flexibility index (Phi) is 4.51. The number of alkyl halides is 2. The van der Waals surface area contributed by atoms with Crippen molar-refractivity contribution in [3.63, 3.8) is 0 Å². The lowest BCUT2D eigenvalue weighted by Crippen LogP contribution is -2.31. The molecule has 0 unspecified atom stereocenters. The Morgan fingerprint density at radius 3 is 2.71 bits per heavy atom. The van der Waals surface area contributed by atoms with Gasteiger partial charge in [0.15, 0.2) is 0 Å². The molecule has 0 spiro atoms. The molecule has 0 saturated heterocycles. The third kappa shape index (κ3) is 4.44. The summed E-state index contributed by atoms with van der Waals surface area (Å²) in [6, 6.07) is 4.71. The molecule has 6 heteroatoms. The van der Waals surface area contributed by atoms with Gasteiger partial charge >= 0.3 is 0 Å². The number of aliphatic hydroxyl groups is 1. The highest BCUT2D eigenvalue weighted by molar-refractivity contribution is 5.59. The number of benzene rings is 1. The van der Waals surface area contributed by atoms with Gasteiger partial charge in [-0.1, -0.05) is 0 Å². The van der Waals surface area contributed by atoms with E-state index in [1.54, 1.807) is 12.1 Å². The van der Waals surface area contributed by atoms with Crippen molar-refractivity contribution >= 4 is 11.4 Å². The summed E-state index contributed by atoms with van der Waals surface area (Å²) in [5, 5.41) is 10.9. The zero-order valence-corrected chi connectivity index (χ0v) is 9.54. The molecule has 0 saturated carbocycles. The molecule has 1 rings (SSSR count).